The number of carbonyl (C=O) groups excluding carboxylic acids is 1. The molecule has 1 heterocycles. The summed E-state index contributed by atoms with van der Waals surface area (Å²) in [5.41, 5.74) is 1.42. The van der Waals surface area contributed by atoms with Crippen molar-refractivity contribution in [2.24, 2.45) is 7.05 Å². The molecule has 1 amide bonds. The lowest BCUT2D eigenvalue weighted by atomic mass is 10.0. The molecule has 144 valence electrons. The Hall–Kier alpha value is -3.54. The van der Waals surface area contributed by atoms with Crippen molar-refractivity contribution in [3.63, 3.8) is 0 Å². The molecule has 0 saturated carbocycles. The Balaban J connectivity index is 1.86. The van der Waals surface area contributed by atoms with E-state index in [0.29, 0.717) is 17.9 Å². The van der Waals surface area contributed by atoms with Crippen molar-refractivity contribution in [1.29, 1.82) is 0 Å². The first-order chi connectivity index (χ1) is 13.6. The molecule has 1 unspecified atom stereocenters. The monoisotopic (exact) mass is 377 g/mol. The van der Waals surface area contributed by atoms with Gasteiger partial charge in [-0.05, 0) is 42.0 Å². The summed E-state index contributed by atoms with van der Waals surface area (Å²) in [5, 5.41) is 3.07. The highest BCUT2D eigenvalue weighted by Gasteiger charge is 2.22. The van der Waals surface area contributed by atoms with Crippen LogP contribution in [0.25, 0.3) is 0 Å². The second kappa shape index (κ2) is 8.90. The smallest absolute Gasteiger partial charge is 0.252 e. The van der Waals surface area contributed by atoms with Crippen molar-refractivity contribution in [3.8, 4) is 11.5 Å². The number of hydrogen-bond acceptors (Lipinski definition) is 4. The van der Waals surface area contributed by atoms with Crippen molar-refractivity contribution in [1.82, 2.24) is 14.9 Å². The van der Waals surface area contributed by atoms with Crippen LogP contribution in [-0.2, 0) is 7.05 Å². The topological polar surface area (TPSA) is 65.4 Å². The zero-order chi connectivity index (χ0) is 19.9. The Morgan fingerprint density at radius 2 is 2.04 bits per heavy atom. The Morgan fingerprint density at radius 3 is 2.68 bits per heavy atom. The van der Waals surface area contributed by atoms with Gasteiger partial charge in [0.1, 0.15) is 30.0 Å². The number of aromatic nitrogens is 2. The largest absolute Gasteiger partial charge is 0.497 e. The maximum Gasteiger partial charge on any atom is 0.252 e. The van der Waals surface area contributed by atoms with Gasteiger partial charge >= 0.3 is 0 Å². The molecule has 0 fully saturated rings. The molecule has 6 heteroatoms. The minimum absolute atomic E-state index is 0.203. The Labute approximate surface area is 164 Å². The summed E-state index contributed by atoms with van der Waals surface area (Å²) in [7, 11) is 3.51. The lowest BCUT2D eigenvalue weighted by Gasteiger charge is -2.20. The quantitative estimate of drug-likeness (QED) is 0.610. The van der Waals surface area contributed by atoms with Gasteiger partial charge in [0.25, 0.3) is 5.91 Å². The average molecular weight is 377 g/mol. The van der Waals surface area contributed by atoms with Crippen molar-refractivity contribution >= 4 is 5.91 Å². The maximum absolute atomic E-state index is 12.9. The number of aryl methyl sites for hydroxylation is 1. The second-order valence-electron chi connectivity index (χ2n) is 6.20. The van der Waals surface area contributed by atoms with Crippen molar-refractivity contribution in [2.45, 2.75) is 6.04 Å². The van der Waals surface area contributed by atoms with E-state index in [1.165, 1.54) is 0 Å². The van der Waals surface area contributed by atoms with Crippen molar-refractivity contribution in [2.75, 3.05) is 13.7 Å². The number of nitrogens with zero attached hydrogens (tertiary/aromatic N) is 2. The van der Waals surface area contributed by atoms with E-state index in [-0.39, 0.29) is 5.91 Å². The Morgan fingerprint density at radius 1 is 1.25 bits per heavy atom. The zero-order valence-corrected chi connectivity index (χ0v) is 16.0. The molecular formula is C22H23N3O3. The van der Waals surface area contributed by atoms with Gasteiger partial charge < -0.3 is 19.4 Å². The number of benzene rings is 2. The van der Waals surface area contributed by atoms with Crippen LogP contribution in [0.2, 0.25) is 0 Å². The van der Waals surface area contributed by atoms with Crippen LogP contribution in [0.15, 0.2) is 73.6 Å². The highest BCUT2D eigenvalue weighted by Crippen LogP contribution is 2.25. The van der Waals surface area contributed by atoms with E-state index in [1.807, 2.05) is 42.1 Å². The van der Waals surface area contributed by atoms with E-state index in [4.69, 9.17) is 9.47 Å². The summed E-state index contributed by atoms with van der Waals surface area (Å²) < 4.78 is 12.7. The van der Waals surface area contributed by atoms with E-state index in [9.17, 15) is 4.79 Å². The maximum atomic E-state index is 12.9. The Kier molecular flexibility index (Phi) is 6.11. The third-order valence-corrected chi connectivity index (χ3v) is 4.30. The predicted octanol–water partition coefficient (Wildman–Crippen LogP) is 3.51. The standard InChI is InChI=1S/C22H23N3O3/c1-4-14-28-18-10-8-16(9-11-18)22(26)24-20(21-23-12-13-25(21)2)17-6-5-7-19(15-17)27-3/h4-13,15,20H,1,14H2,2-3H3,(H,24,26). The van der Waals surface area contributed by atoms with Crippen LogP contribution in [0.5, 0.6) is 11.5 Å². The SMILES string of the molecule is C=CCOc1ccc(C(=O)NC(c2cccc(OC)c2)c2nccn2C)cc1. The molecular weight excluding hydrogens is 354 g/mol. The average Bonchev–Trinajstić information content (AvgIpc) is 3.16. The summed E-state index contributed by atoms with van der Waals surface area (Å²) in [6.45, 7) is 4.04. The molecule has 0 bridgehead atoms. The van der Waals surface area contributed by atoms with Crippen molar-refractivity contribution in [3.05, 3.63) is 90.5 Å². The van der Waals surface area contributed by atoms with Gasteiger partial charge in [-0.2, -0.15) is 0 Å². The highest BCUT2D eigenvalue weighted by atomic mass is 16.5. The molecule has 0 saturated heterocycles. The molecule has 1 atom stereocenters. The first-order valence-electron chi connectivity index (χ1n) is 8.88. The van der Waals surface area contributed by atoms with Crippen LogP contribution in [0.3, 0.4) is 0 Å². The van der Waals surface area contributed by atoms with E-state index < -0.39 is 6.04 Å². The van der Waals surface area contributed by atoms with Crippen LogP contribution < -0.4 is 14.8 Å². The van der Waals surface area contributed by atoms with Gasteiger partial charge in [0.2, 0.25) is 0 Å². The molecule has 0 aliphatic rings. The van der Waals surface area contributed by atoms with Gasteiger partial charge in [-0.3, -0.25) is 4.79 Å². The van der Waals surface area contributed by atoms with E-state index >= 15 is 0 Å². The van der Waals surface area contributed by atoms with E-state index in [2.05, 4.69) is 16.9 Å². The fraction of sp³-hybridized carbons (Fsp3) is 0.182. The fourth-order valence-corrected chi connectivity index (χ4v) is 2.85. The van der Waals surface area contributed by atoms with Gasteiger partial charge in [-0.1, -0.05) is 24.8 Å². The van der Waals surface area contributed by atoms with Gasteiger partial charge in [-0.25, -0.2) is 4.98 Å². The lowest BCUT2D eigenvalue weighted by molar-refractivity contribution is 0.0941. The minimum atomic E-state index is -0.417. The number of amides is 1. The zero-order valence-electron chi connectivity index (χ0n) is 16.0. The molecule has 0 aliphatic heterocycles. The number of imidazole rings is 1. The third kappa shape index (κ3) is 4.40. The molecule has 2 aromatic carbocycles. The first kappa shape index (κ1) is 19.2. The predicted molar refractivity (Wildman–Crippen MR) is 108 cm³/mol. The van der Waals surface area contributed by atoms with Crippen LogP contribution in [0.1, 0.15) is 27.8 Å². The number of ether oxygens (including phenoxy) is 2. The van der Waals surface area contributed by atoms with Crippen LogP contribution in [-0.4, -0.2) is 29.2 Å². The van der Waals surface area contributed by atoms with Crippen molar-refractivity contribution < 1.29 is 14.3 Å². The summed E-state index contributed by atoms with van der Waals surface area (Å²) in [6.07, 6.45) is 5.23. The molecule has 1 aromatic heterocycles. The molecule has 3 aromatic rings. The summed E-state index contributed by atoms with van der Waals surface area (Å²) in [5.74, 6) is 1.93. The second-order valence-corrected chi connectivity index (χ2v) is 6.20. The summed E-state index contributed by atoms with van der Waals surface area (Å²) in [4.78, 5) is 17.3. The lowest BCUT2D eigenvalue weighted by Crippen LogP contribution is -2.31. The molecule has 1 N–H and O–H groups in total. The minimum Gasteiger partial charge on any atom is -0.497 e. The molecule has 0 radical (unpaired) electrons. The van der Waals surface area contributed by atoms with Crippen LogP contribution in [0.4, 0.5) is 0 Å². The molecule has 0 aliphatic carbocycles. The normalized spacial score (nSPS) is 11.5. The molecule has 6 nitrogen and oxygen atoms in total. The third-order valence-electron chi connectivity index (χ3n) is 4.30. The molecule has 3 rings (SSSR count). The number of hydrogen-bond donors (Lipinski definition) is 1. The first-order valence-corrected chi connectivity index (χ1v) is 8.88. The van der Waals surface area contributed by atoms with Crippen LogP contribution in [0, 0.1) is 0 Å². The summed E-state index contributed by atoms with van der Waals surface area (Å²) >= 11 is 0. The highest BCUT2D eigenvalue weighted by molar-refractivity contribution is 5.94. The van der Waals surface area contributed by atoms with Gasteiger partial charge in [0.15, 0.2) is 0 Å². The van der Waals surface area contributed by atoms with Crippen LogP contribution >= 0.6 is 0 Å². The Bertz CT molecular complexity index is 948. The molecule has 0 spiro atoms. The number of carbonyl (C=O) groups is 1. The van der Waals surface area contributed by atoms with E-state index in [1.54, 1.807) is 43.6 Å². The fourth-order valence-electron chi connectivity index (χ4n) is 2.85. The molecule has 28 heavy (non-hydrogen) atoms. The van der Waals surface area contributed by atoms with Gasteiger partial charge in [0, 0.05) is 25.0 Å². The van der Waals surface area contributed by atoms with E-state index in [0.717, 1.165) is 17.1 Å². The van der Waals surface area contributed by atoms with Gasteiger partial charge in [0.05, 0.1) is 7.11 Å². The number of rotatable bonds is 8. The van der Waals surface area contributed by atoms with Gasteiger partial charge in [-0.15, -0.1) is 0 Å². The number of nitrogens with one attached hydrogen (secondary N) is 1. The summed E-state index contributed by atoms with van der Waals surface area (Å²) in [6, 6.07) is 14.2. The number of methoxy groups -OCH3 is 1.